The van der Waals surface area contributed by atoms with Crippen molar-refractivity contribution < 1.29 is 9.13 Å². The number of halogens is 1. The fraction of sp³-hybridized carbons (Fsp3) is 0.357. The minimum absolute atomic E-state index is 0.376. The van der Waals surface area contributed by atoms with Crippen LogP contribution in [0.25, 0.3) is 10.9 Å². The molecule has 0 spiro atoms. The highest BCUT2D eigenvalue weighted by Gasteiger charge is 2.12. The number of pyridine rings is 1. The van der Waals surface area contributed by atoms with Crippen LogP contribution in [0.4, 0.5) is 10.1 Å². The Morgan fingerprint density at radius 1 is 1.37 bits per heavy atom. The summed E-state index contributed by atoms with van der Waals surface area (Å²) in [5, 5.41) is 0.617. The molecule has 19 heavy (non-hydrogen) atoms. The molecule has 2 rings (SSSR count). The van der Waals surface area contributed by atoms with Crippen molar-refractivity contribution in [2.75, 3.05) is 12.5 Å². The normalized spacial score (nSPS) is 11.1. The number of nitrogens with one attached hydrogen (secondary N) is 1. The lowest BCUT2D eigenvalue weighted by atomic mass is 10.1. The van der Waals surface area contributed by atoms with E-state index in [9.17, 15) is 4.39 Å². The van der Waals surface area contributed by atoms with Gasteiger partial charge in [-0.25, -0.2) is 9.37 Å². The van der Waals surface area contributed by atoms with Gasteiger partial charge >= 0.3 is 0 Å². The van der Waals surface area contributed by atoms with Gasteiger partial charge in [-0.15, -0.1) is 0 Å². The Labute approximate surface area is 111 Å². The average molecular weight is 263 g/mol. The number of nitrogens with zero attached hydrogens (tertiary/aromatic N) is 1. The monoisotopic (exact) mass is 263 g/mol. The minimum Gasteiger partial charge on any atom is -0.494 e. The van der Waals surface area contributed by atoms with Gasteiger partial charge in [-0.2, -0.15) is 0 Å². The van der Waals surface area contributed by atoms with Crippen LogP contribution in [0, 0.1) is 11.7 Å². The first-order valence-corrected chi connectivity index (χ1v) is 6.19. The lowest BCUT2D eigenvalue weighted by Gasteiger charge is -2.13. The molecule has 0 saturated carbocycles. The quantitative estimate of drug-likeness (QED) is 0.657. The molecule has 0 aliphatic rings. The maximum atomic E-state index is 13.5. The number of fused-ring (bicyclic) bond motifs is 1. The van der Waals surface area contributed by atoms with Crippen molar-refractivity contribution in [3.63, 3.8) is 0 Å². The van der Waals surface area contributed by atoms with Gasteiger partial charge in [0.25, 0.3) is 0 Å². The summed E-state index contributed by atoms with van der Waals surface area (Å²) in [5.41, 5.74) is 4.77. The summed E-state index contributed by atoms with van der Waals surface area (Å²) in [5.74, 6) is 6.03. The fourth-order valence-corrected chi connectivity index (χ4v) is 2.11. The molecule has 0 unspecified atom stereocenters. The second kappa shape index (κ2) is 5.40. The number of anilines is 1. The number of hydrogen-bond acceptors (Lipinski definition) is 4. The van der Waals surface area contributed by atoms with Gasteiger partial charge in [-0.1, -0.05) is 13.8 Å². The fourth-order valence-electron chi connectivity index (χ4n) is 2.11. The first kappa shape index (κ1) is 13.5. The molecule has 0 radical (unpaired) electrons. The zero-order valence-corrected chi connectivity index (χ0v) is 11.3. The Hall–Kier alpha value is -1.88. The van der Waals surface area contributed by atoms with E-state index < -0.39 is 0 Å². The summed E-state index contributed by atoms with van der Waals surface area (Å²) in [6.45, 7) is 4.23. The summed E-state index contributed by atoms with van der Waals surface area (Å²) in [4.78, 5) is 4.55. The third-order valence-corrected chi connectivity index (χ3v) is 2.89. The second-order valence-electron chi connectivity index (χ2n) is 4.91. The van der Waals surface area contributed by atoms with Crippen LogP contribution in [-0.2, 0) is 6.42 Å². The van der Waals surface area contributed by atoms with Gasteiger partial charge in [0, 0.05) is 17.1 Å². The van der Waals surface area contributed by atoms with E-state index in [1.165, 1.54) is 19.2 Å². The van der Waals surface area contributed by atoms with Gasteiger partial charge in [-0.05, 0) is 24.5 Å². The Morgan fingerprint density at radius 2 is 2.11 bits per heavy atom. The number of rotatable bonds is 4. The molecule has 2 aromatic rings. The predicted molar refractivity (Wildman–Crippen MR) is 74.6 cm³/mol. The van der Waals surface area contributed by atoms with Crippen LogP contribution in [0.15, 0.2) is 18.2 Å². The highest BCUT2D eigenvalue weighted by Crippen LogP contribution is 2.31. The van der Waals surface area contributed by atoms with E-state index in [1.54, 1.807) is 0 Å². The van der Waals surface area contributed by atoms with E-state index in [1.807, 2.05) is 6.07 Å². The molecule has 4 nitrogen and oxygen atoms in total. The van der Waals surface area contributed by atoms with Crippen LogP contribution in [0.1, 0.15) is 19.5 Å². The van der Waals surface area contributed by atoms with Gasteiger partial charge in [0.05, 0.1) is 12.8 Å². The van der Waals surface area contributed by atoms with Crippen molar-refractivity contribution in [1.29, 1.82) is 0 Å². The molecule has 3 N–H and O–H groups in total. The Kier molecular flexibility index (Phi) is 3.85. The van der Waals surface area contributed by atoms with Crippen LogP contribution in [-0.4, -0.2) is 12.1 Å². The molecule has 5 heteroatoms. The van der Waals surface area contributed by atoms with E-state index in [0.717, 1.165) is 12.1 Å². The van der Waals surface area contributed by atoms with E-state index >= 15 is 0 Å². The number of hydrazine groups is 1. The first-order chi connectivity index (χ1) is 9.05. The van der Waals surface area contributed by atoms with Crippen molar-refractivity contribution in [2.24, 2.45) is 11.8 Å². The van der Waals surface area contributed by atoms with Crippen LogP contribution < -0.4 is 16.0 Å². The second-order valence-corrected chi connectivity index (χ2v) is 4.91. The SMILES string of the molecule is COc1cc(F)cc2c(NN)cc(CC(C)C)nc12. The highest BCUT2D eigenvalue weighted by atomic mass is 19.1. The molecule has 1 aromatic heterocycles. The zero-order chi connectivity index (χ0) is 14.0. The van der Waals surface area contributed by atoms with Crippen LogP contribution >= 0.6 is 0 Å². The maximum Gasteiger partial charge on any atom is 0.148 e. The zero-order valence-electron chi connectivity index (χ0n) is 11.3. The number of nitrogen functional groups attached to an aromatic ring is 1. The maximum absolute atomic E-state index is 13.5. The molecule has 0 fully saturated rings. The predicted octanol–water partition coefficient (Wildman–Crippen LogP) is 2.87. The largest absolute Gasteiger partial charge is 0.494 e. The molecule has 0 atom stereocenters. The first-order valence-electron chi connectivity index (χ1n) is 6.19. The lowest BCUT2D eigenvalue weighted by molar-refractivity contribution is 0.415. The van der Waals surface area contributed by atoms with Gasteiger partial charge in [0.15, 0.2) is 0 Å². The third kappa shape index (κ3) is 2.76. The Balaban J connectivity index is 2.69. The van der Waals surface area contributed by atoms with Crippen molar-refractivity contribution >= 4 is 16.6 Å². The topological polar surface area (TPSA) is 60.2 Å². The van der Waals surface area contributed by atoms with E-state index in [-0.39, 0.29) is 5.82 Å². The molecule has 0 saturated heterocycles. The number of hydrogen-bond donors (Lipinski definition) is 2. The molecule has 0 aliphatic heterocycles. The smallest absolute Gasteiger partial charge is 0.148 e. The third-order valence-electron chi connectivity index (χ3n) is 2.89. The summed E-state index contributed by atoms with van der Waals surface area (Å²) in [6, 6.07) is 4.58. The van der Waals surface area contributed by atoms with Gasteiger partial charge in [0.2, 0.25) is 0 Å². The Morgan fingerprint density at radius 3 is 2.68 bits per heavy atom. The van der Waals surface area contributed by atoms with Crippen molar-refractivity contribution in [3.05, 3.63) is 29.7 Å². The van der Waals surface area contributed by atoms with Crippen LogP contribution in [0.5, 0.6) is 5.75 Å². The molecule has 0 amide bonds. The van der Waals surface area contributed by atoms with Crippen LogP contribution in [0.2, 0.25) is 0 Å². The number of aromatic nitrogens is 1. The lowest BCUT2D eigenvalue weighted by Crippen LogP contribution is -2.09. The number of benzene rings is 1. The van der Waals surface area contributed by atoms with Crippen molar-refractivity contribution in [1.82, 2.24) is 4.98 Å². The molecule has 0 bridgehead atoms. The number of methoxy groups -OCH3 is 1. The molecular formula is C14H18FN3O. The van der Waals surface area contributed by atoms with E-state index in [0.29, 0.717) is 28.3 Å². The highest BCUT2D eigenvalue weighted by molar-refractivity contribution is 5.95. The van der Waals surface area contributed by atoms with Gasteiger partial charge in [-0.3, -0.25) is 5.84 Å². The molecule has 1 heterocycles. The van der Waals surface area contributed by atoms with E-state index in [4.69, 9.17) is 10.6 Å². The number of nitrogens with two attached hydrogens (primary N) is 1. The summed E-state index contributed by atoms with van der Waals surface area (Å²) < 4.78 is 18.7. The van der Waals surface area contributed by atoms with Crippen molar-refractivity contribution in [2.45, 2.75) is 20.3 Å². The molecular weight excluding hydrogens is 245 g/mol. The average Bonchev–Trinajstić information content (AvgIpc) is 2.36. The summed E-state index contributed by atoms with van der Waals surface area (Å²) >= 11 is 0. The molecule has 0 aliphatic carbocycles. The Bertz CT molecular complexity index is 599. The number of ether oxygens (including phenoxy) is 1. The summed E-state index contributed by atoms with van der Waals surface area (Å²) in [6.07, 6.45) is 0.825. The van der Waals surface area contributed by atoms with Gasteiger partial charge in [0.1, 0.15) is 17.1 Å². The minimum atomic E-state index is -0.376. The standard InChI is InChI=1S/C14H18FN3O/c1-8(2)4-10-7-12(18-16)11-5-9(15)6-13(19-3)14(11)17-10/h5-8H,4,16H2,1-3H3,(H,17,18). The van der Waals surface area contributed by atoms with Crippen molar-refractivity contribution in [3.8, 4) is 5.75 Å². The van der Waals surface area contributed by atoms with Crippen LogP contribution in [0.3, 0.4) is 0 Å². The summed E-state index contributed by atoms with van der Waals surface area (Å²) in [7, 11) is 1.50. The van der Waals surface area contributed by atoms with Gasteiger partial charge < -0.3 is 10.2 Å². The molecule has 1 aromatic carbocycles. The molecule has 102 valence electrons. The van der Waals surface area contributed by atoms with E-state index in [2.05, 4.69) is 24.3 Å².